The third-order valence-corrected chi connectivity index (χ3v) is 3.87. The lowest BCUT2D eigenvalue weighted by atomic mass is 9.97. The van der Waals surface area contributed by atoms with Crippen molar-refractivity contribution in [3.63, 3.8) is 0 Å². The molecule has 2 N–H and O–H groups in total. The van der Waals surface area contributed by atoms with Crippen molar-refractivity contribution >= 4 is 5.97 Å². The number of rotatable bonds is 2. The summed E-state index contributed by atoms with van der Waals surface area (Å²) in [5.41, 5.74) is 0.560. The topological polar surface area (TPSA) is 79.5 Å². The maximum absolute atomic E-state index is 12.6. The quantitative estimate of drug-likeness (QED) is 0.887. The number of aromatic hydroxyl groups is 1. The minimum Gasteiger partial charge on any atom is -0.506 e. The minimum atomic E-state index is -1.20. The lowest BCUT2D eigenvalue weighted by Gasteiger charge is -2.22. The Morgan fingerprint density at radius 2 is 1.86 bits per heavy atom. The third-order valence-electron chi connectivity index (χ3n) is 3.87. The first-order chi connectivity index (χ1) is 10.1. The molecule has 5 heteroatoms. The van der Waals surface area contributed by atoms with Gasteiger partial charge in [0.25, 0.3) is 5.56 Å². The van der Waals surface area contributed by atoms with Crippen LogP contribution in [0.15, 0.2) is 35.1 Å². The molecule has 0 saturated carbocycles. The Balaban J connectivity index is 2.39. The van der Waals surface area contributed by atoms with Gasteiger partial charge in [-0.3, -0.25) is 4.79 Å². The molecule has 0 aliphatic carbocycles. The molecular formula is C16H15NO4. The van der Waals surface area contributed by atoms with Crippen LogP contribution in [0.25, 0.3) is 11.1 Å². The molecule has 0 unspecified atom stereocenters. The van der Waals surface area contributed by atoms with Crippen molar-refractivity contribution in [2.24, 2.45) is 0 Å². The van der Waals surface area contributed by atoms with Crippen molar-refractivity contribution in [3.8, 4) is 16.9 Å². The van der Waals surface area contributed by atoms with E-state index in [0.717, 1.165) is 12.8 Å². The highest BCUT2D eigenvalue weighted by atomic mass is 16.4. The van der Waals surface area contributed by atoms with E-state index in [-0.39, 0.29) is 16.7 Å². The van der Waals surface area contributed by atoms with Crippen LogP contribution in [-0.2, 0) is 13.0 Å². The second-order valence-corrected chi connectivity index (χ2v) is 5.13. The summed E-state index contributed by atoms with van der Waals surface area (Å²) in [7, 11) is 0. The van der Waals surface area contributed by atoms with Gasteiger partial charge in [-0.15, -0.1) is 0 Å². The van der Waals surface area contributed by atoms with E-state index in [9.17, 15) is 19.8 Å². The van der Waals surface area contributed by atoms with Crippen LogP contribution in [0.2, 0.25) is 0 Å². The molecule has 0 fully saturated rings. The van der Waals surface area contributed by atoms with Gasteiger partial charge in [0.2, 0.25) is 0 Å². The molecule has 0 amide bonds. The number of benzene rings is 1. The molecule has 0 bridgehead atoms. The van der Waals surface area contributed by atoms with Crippen molar-refractivity contribution in [1.82, 2.24) is 4.57 Å². The van der Waals surface area contributed by atoms with E-state index in [4.69, 9.17) is 0 Å². The molecule has 3 rings (SSSR count). The van der Waals surface area contributed by atoms with E-state index >= 15 is 0 Å². The zero-order chi connectivity index (χ0) is 15.0. The van der Waals surface area contributed by atoms with Gasteiger partial charge in [0, 0.05) is 12.2 Å². The Kier molecular flexibility index (Phi) is 3.25. The summed E-state index contributed by atoms with van der Waals surface area (Å²) >= 11 is 0. The van der Waals surface area contributed by atoms with E-state index in [0.29, 0.717) is 24.2 Å². The minimum absolute atomic E-state index is 0.0682. The van der Waals surface area contributed by atoms with E-state index in [1.54, 1.807) is 30.3 Å². The average Bonchev–Trinajstić information content (AvgIpc) is 2.48. The van der Waals surface area contributed by atoms with Crippen LogP contribution < -0.4 is 5.56 Å². The highest BCUT2D eigenvalue weighted by Crippen LogP contribution is 2.33. The number of hydrogen-bond acceptors (Lipinski definition) is 3. The number of pyridine rings is 1. The maximum atomic E-state index is 12.6. The Bertz CT molecular complexity index is 762. The molecule has 1 aromatic carbocycles. The maximum Gasteiger partial charge on any atom is 0.341 e. The number of fused-ring (bicyclic) bond motifs is 1. The largest absolute Gasteiger partial charge is 0.506 e. The van der Waals surface area contributed by atoms with Gasteiger partial charge in [0.1, 0.15) is 11.3 Å². The molecule has 21 heavy (non-hydrogen) atoms. The number of carboxylic acids is 1. The molecule has 0 radical (unpaired) electrons. The van der Waals surface area contributed by atoms with Crippen LogP contribution in [-0.4, -0.2) is 20.7 Å². The standard InChI is InChI=1S/C16H15NO4/c18-14-12(10-6-2-1-3-7-10)15(19)17-9-5-4-8-11(17)13(14)16(20)21/h1-3,6-7,18H,4-5,8-9H2,(H,20,21). The Morgan fingerprint density at radius 1 is 1.14 bits per heavy atom. The number of aromatic nitrogens is 1. The monoisotopic (exact) mass is 285 g/mol. The van der Waals surface area contributed by atoms with Crippen molar-refractivity contribution in [2.75, 3.05) is 0 Å². The Labute approximate surface area is 121 Å². The van der Waals surface area contributed by atoms with Gasteiger partial charge < -0.3 is 14.8 Å². The van der Waals surface area contributed by atoms with E-state index < -0.39 is 11.7 Å². The van der Waals surface area contributed by atoms with Gasteiger partial charge in [0.15, 0.2) is 0 Å². The van der Waals surface area contributed by atoms with E-state index in [2.05, 4.69) is 0 Å². The summed E-state index contributed by atoms with van der Waals surface area (Å²) in [5, 5.41) is 19.8. The fourth-order valence-corrected chi connectivity index (χ4v) is 2.90. The van der Waals surface area contributed by atoms with Crippen molar-refractivity contribution in [2.45, 2.75) is 25.8 Å². The number of hydrogen-bond donors (Lipinski definition) is 2. The summed E-state index contributed by atoms with van der Waals surface area (Å²) in [5.74, 6) is -1.62. The molecule has 2 aromatic rings. The van der Waals surface area contributed by atoms with Crippen LogP contribution in [0, 0.1) is 0 Å². The van der Waals surface area contributed by atoms with E-state index in [1.807, 2.05) is 0 Å². The Hall–Kier alpha value is -2.56. The second kappa shape index (κ2) is 5.09. The van der Waals surface area contributed by atoms with Crippen molar-refractivity contribution < 1.29 is 15.0 Å². The number of carboxylic acid groups (broad SMARTS) is 1. The van der Waals surface area contributed by atoms with Crippen LogP contribution >= 0.6 is 0 Å². The molecule has 1 aromatic heterocycles. The van der Waals surface area contributed by atoms with Gasteiger partial charge in [-0.05, 0) is 24.8 Å². The fraction of sp³-hybridized carbons (Fsp3) is 0.250. The highest BCUT2D eigenvalue weighted by molar-refractivity contribution is 5.95. The predicted octanol–water partition coefficient (Wildman–Crippen LogP) is 2.26. The zero-order valence-corrected chi connectivity index (χ0v) is 11.4. The summed E-state index contributed by atoms with van der Waals surface area (Å²) in [6.45, 7) is 0.495. The normalized spacial score (nSPS) is 13.7. The molecule has 2 heterocycles. The first-order valence-electron chi connectivity index (χ1n) is 6.88. The van der Waals surface area contributed by atoms with Crippen molar-refractivity contribution in [1.29, 1.82) is 0 Å². The summed E-state index contributed by atoms with van der Waals surface area (Å²) in [4.78, 5) is 24.1. The van der Waals surface area contributed by atoms with Crippen LogP contribution in [0.5, 0.6) is 5.75 Å². The van der Waals surface area contributed by atoms with E-state index in [1.165, 1.54) is 4.57 Å². The van der Waals surface area contributed by atoms with Gasteiger partial charge in [-0.2, -0.15) is 0 Å². The van der Waals surface area contributed by atoms with Gasteiger partial charge >= 0.3 is 5.97 Å². The predicted molar refractivity (Wildman–Crippen MR) is 77.7 cm³/mol. The molecule has 1 aliphatic rings. The number of nitrogens with zero attached hydrogens (tertiary/aromatic N) is 1. The summed E-state index contributed by atoms with van der Waals surface area (Å²) in [6.07, 6.45) is 2.16. The second-order valence-electron chi connectivity index (χ2n) is 5.13. The molecule has 0 saturated heterocycles. The number of carbonyl (C=O) groups is 1. The smallest absolute Gasteiger partial charge is 0.341 e. The summed E-state index contributed by atoms with van der Waals surface area (Å²) in [6, 6.07) is 8.68. The van der Waals surface area contributed by atoms with Crippen LogP contribution in [0.1, 0.15) is 28.9 Å². The molecule has 0 atom stereocenters. The molecule has 1 aliphatic heterocycles. The van der Waals surface area contributed by atoms with Crippen LogP contribution in [0.4, 0.5) is 0 Å². The summed E-state index contributed by atoms with van der Waals surface area (Å²) < 4.78 is 1.50. The first-order valence-corrected chi connectivity index (χ1v) is 6.88. The van der Waals surface area contributed by atoms with Crippen LogP contribution in [0.3, 0.4) is 0 Å². The first kappa shape index (κ1) is 13.4. The molecule has 5 nitrogen and oxygen atoms in total. The van der Waals surface area contributed by atoms with Gasteiger partial charge in [-0.1, -0.05) is 30.3 Å². The van der Waals surface area contributed by atoms with Gasteiger partial charge in [-0.25, -0.2) is 4.79 Å². The molecule has 108 valence electrons. The lowest BCUT2D eigenvalue weighted by Crippen LogP contribution is -2.30. The molecular weight excluding hydrogens is 270 g/mol. The molecule has 0 spiro atoms. The fourth-order valence-electron chi connectivity index (χ4n) is 2.90. The SMILES string of the molecule is O=C(O)c1c(O)c(-c2ccccc2)c(=O)n2c1CCCC2. The third kappa shape index (κ3) is 2.11. The highest BCUT2D eigenvalue weighted by Gasteiger charge is 2.27. The lowest BCUT2D eigenvalue weighted by molar-refractivity contribution is 0.0690. The average molecular weight is 285 g/mol. The zero-order valence-electron chi connectivity index (χ0n) is 11.4. The van der Waals surface area contributed by atoms with Crippen molar-refractivity contribution in [3.05, 3.63) is 51.9 Å². The number of aromatic carboxylic acids is 1. The Morgan fingerprint density at radius 3 is 2.52 bits per heavy atom. The van der Waals surface area contributed by atoms with Gasteiger partial charge in [0.05, 0.1) is 5.56 Å².